The van der Waals surface area contributed by atoms with Crippen molar-refractivity contribution in [2.75, 3.05) is 6.54 Å². The summed E-state index contributed by atoms with van der Waals surface area (Å²) in [6, 6.07) is 0. The lowest BCUT2D eigenvalue weighted by molar-refractivity contribution is -0.171. The summed E-state index contributed by atoms with van der Waals surface area (Å²) in [6.07, 6.45) is 4.59. The van der Waals surface area contributed by atoms with Crippen LogP contribution in [0.2, 0.25) is 0 Å². The van der Waals surface area contributed by atoms with Gasteiger partial charge in [-0.3, -0.25) is 9.59 Å². The van der Waals surface area contributed by atoms with Gasteiger partial charge in [-0.15, -0.1) is 0 Å². The molecule has 0 aromatic rings. The predicted molar refractivity (Wildman–Crippen MR) is 64.8 cm³/mol. The minimum Gasteiger partial charge on any atom is -0.481 e. The maximum absolute atomic E-state index is 11.2. The van der Waals surface area contributed by atoms with Crippen LogP contribution >= 0.6 is 0 Å². The zero-order chi connectivity index (χ0) is 13.5. The number of carboxylic acid groups (broad SMARTS) is 2. The van der Waals surface area contributed by atoms with Gasteiger partial charge in [0, 0.05) is 5.41 Å². The van der Waals surface area contributed by atoms with E-state index in [4.69, 9.17) is 15.9 Å². The van der Waals surface area contributed by atoms with Crippen LogP contribution in [0.1, 0.15) is 26.2 Å². The third-order valence-electron chi connectivity index (χ3n) is 4.66. The van der Waals surface area contributed by atoms with Gasteiger partial charge in [0.1, 0.15) is 0 Å². The second-order valence-corrected chi connectivity index (χ2v) is 5.42. The summed E-state index contributed by atoms with van der Waals surface area (Å²) in [5.41, 5.74) is 6.24. The van der Waals surface area contributed by atoms with E-state index in [-0.39, 0.29) is 12.5 Å². The molecule has 3 unspecified atom stereocenters. The highest BCUT2D eigenvalue weighted by atomic mass is 16.4. The number of nitrogens with two attached hydrogens (primary N) is 1. The molecule has 18 heavy (non-hydrogen) atoms. The monoisotopic (exact) mass is 253 g/mol. The summed E-state index contributed by atoms with van der Waals surface area (Å²) in [6.45, 7) is 2.18. The van der Waals surface area contributed by atoms with Crippen molar-refractivity contribution in [2.24, 2.45) is 28.9 Å². The summed E-state index contributed by atoms with van der Waals surface area (Å²) < 4.78 is 0. The number of carboxylic acids is 2. The van der Waals surface area contributed by atoms with Crippen molar-refractivity contribution in [3.05, 3.63) is 11.6 Å². The Bertz CT molecular complexity index is 403. The summed E-state index contributed by atoms with van der Waals surface area (Å²) >= 11 is 0. The maximum atomic E-state index is 11.2. The standard InChI is InChI=1S/C13H19NO4/c1-2-7-3-8-5-13(6-14,9(8)4-7)10(11(15)16)12(17)18/h4,8-10H,2-3,5-6,14H2,1H3,(H,15,16)(H,17,18). The molecule has 0 radical (unpaired) electrons. The molecular weight excluding hydrogens is 234 g/mol. The fraction of sp³-hybridized carbons (Fsp3) is 0.692. The Morgan fingerprint density at radius 1 is 1.50 bits per heavy atom. The quantitative estimate of drug-likeness (QED) is 0.503. The highest BCUT2D eigenvalue weighted by Gasteiger charge is 2.62. The molecule has 0 aromatic carbocycles. The van der Waals surface area contributed by atoms with E-state index < -0.39 is 23.3 Å². The van der Waals surface area contributed by atoms with Crippen molar-refractivity contribution in [1.29, 1.82) is 0 Å². The lowest BCUT2D eigenvalue weighted by atomic mass is 9.49. The molecule has 4 N–H and O–H groups in total. The molecule has 0 saturated heterocycles. The van der Waals surface area contributed by atoms with E-state index in [0.717, 1.165) is 12.8 Å². The van der Waals surface area contributed by atoms with Gasteiger partial charge in [0.25, 0.3) is 0 Å². The molecule has 2 rings (SSSR count). The van der Waals surface area contributed by atoms with Crippen molar-refractivity contribution < 1.29 is 19.8 Å². The van der Waals surface area contributed by atoms with Crippen LogP contribution in [0.3, 0.4) is 0 Å². The number of hydrogen-bond acceptors (Lipinski definition) is 3. The van der Waals surface area contributed by atoms with Crippen LogP contribution in [-0.4, -0.2) is 28.7 Å². The smallest absolute Gasteiger partial charge is 0.318 e. The summed E-state index contributed by atoms with van der Waals surface area (Å²) in [7, 11) is 0. The van der Waals surface area contributed by atoms with Gasteiger partial charge >= 0.3 is 11.9 Å². The molecule has 0 bridgehead atoms. The molecule has 5 nitrogen and oxygen atoms in total. The van der Waals surface area contributed by atoms with Crippen LogP contribution in [-0.2, 0) is 9.59 Å². The largest absolute Gasteiger partial charge is 0.481 e. The Balaban J connectivity index is 2.31. The van der Waals surface area contributed by atoms with E-state index in [1.54, 1.807) is 0 Å². The SMILES string of the molecule is CCC1=CC2C(C1)CC2(CN)C(C(=O)O)C(=O)O. The molecule has 0 spiro atoms. The third-order valence-corrected chi connectivity index (χ3v) is 4.66. The first kappa shape index (κ1) is 13.1. The Labute approximate surface area is 106 Å². The second-order valence-electron chi connectivity index (χ2n) is 5.42. The molecule has 1 fully saturated rings. The normalized spacial score (nSPS) is 33.8. The van der Waals surface area contributed by atoms with E-state index in [9.17, 15) is 9.59 Å². The maximum Gasteiger partial charge on any atom is 0.318 e. The molecule has 0 aromatic heterocycles. The number of fused-ring (bicyclic) bond motifs is 1. The average Bonchev–Trinajstić information content (AvgIpc) is 2.62. The van der Waals surface area contributed by atoms with Gasteiger partial charge < -0.3 is 15.9 Å². The summed E-state index contributed by atoms with van der Waals surface area (Å²) in [4.78, 5) is 22.4. The van der Waals surface area contributed by atoms with E-state index in [1.807, 2.05) is 0 Å². The lowest BCUT2D eigenvalue weighted by Gasteiger charge is -2.53. The first-order valence-electron chi connectivity index (χ1n) is 6.31. The molecule has 0 heterocycles. The Morgan fingerprint density at radius 2 is 2.11 bits per heavy atom. The van der Waals surface area contributed by atoms with Gasteiger partial charge in [-0.25, -0.2) is 0 Å². The van der Waals surface area contributed by atoms with E-state index in [1.165, 1.54) is 5.57 Å². The average molecular weight is 253 g/mol. The van der Waals surface area contributed by atoms with Crippen LogP contribution in [0, 0.1) is 23.2 Å². The Morgan fingerprint density at radius 3 is 2.56 bits per heavy atom. The minimum atomic E-state index is -1.39. The number of aliphatic carboxylic acids is 2. The molecule has 0 amide bonds. The van der Waals surface area contributed by atoms with Crippen LogP contribution < -0.4 is 5.73 Å². The van der Waals surface area contributed by atoms with Crippen molar-refractivity contribution in [3.63, 3.8) is 0 Å². The predicted octanol–water partition coefficient (Wildman–Crippen LogP) is 1.09. The van der Waals surface area contributed by atoms with Crippen LogP contribution in [0.15, 0.2) is 11.6 Å². The zero-order valence-corrected chi connectivity index (χ0v) is 10.4. The van der Waals surface area contributed by atoms with Gasteiger partial charge in [-0.1, -0.05) is 18.6 Å². The van der Waals surface area contributed by atoms with Gasteiger partial charge in [-0.05, 0) is 37.6 Å². The third kappa shape index (κ3) is 1.65. The van der Waals surface area contributed by atoms with Crippen molar-refractivity contribution in [2.45, 2.75) is 26.2 Å². The van der Waals surface area contributed by atoms with Crippen molar-refractivity contribution >= 4 is 11.9 Å². The highest BCUT2D eigenvalue weighted by molar-refractivity contribution is 5.94. The van der Waals surface area contributed by atoms with Crippen molar-refractivity contribution in [3.8, 4) is 0 Å². The first-order valence-corrected chi connectivity index (χ1v) is 6.31. The Hall–Kier alpha value is -1.36. The van der Waals surface area contributed by atoms with Crippen LogP contribution in [0.4, 0.5) is 0 Å². The van der Waals surface area contributed by atoms with Gasteiger partial charge in [-0.2, -0.15) is 0 Å². The lowest BCUT2D eigenvalue weighted by Crippen LogP contribution is -2.58. The van der Waals surface area contributed by atoms with Crippen molar-refractivity contribution in [1.82, 2.24) is 0 Å². The Kier molecular flexibility index (Phi) is 3.19. The number of hydrogen-bond donors (Lipinski definition) is 3. The second kappa shape index (κ2) is 4.39. The summed E-state index contributed by atoms with van der Waals surface area (Å²) in [5, 5.41) is 18.3. The zero-order valence-electron chi connectivity index (χ0n) is 10.4. The topological polar surface area (TPSA) is 101 Å². The fourth-order valence-electron chi connectivity index (χ4n) is 3.73. The molecule has 3 atom stereocenters. The first-order chi connectivity index (χ1) is 8.46. The van der Waals surface area contributed by atoms with Gasteiger partial charge in [0.15, 0.2) is 5.92 Å². The molecule has 100 valence electrons. The number of rotatable bonds is 5. The molecule has 2 aliphatic carbocycles. The van der Waals surface area contributed by atoms with Gasteiger partial charge in [0.2, 0.25) is 0 Å². The summed E-state index contributed by atoms with van der Waals surface area (Å²) in [5.74, 6) is -3.52. The van der Waals surface area contributed by atoms with E-state index in [0.29, 0.717) is 12.3 Å². The molecule has 2 aliphatic rings. The van der Waals surface area contributed by atoms with E-state index in [2.05, 4.69) is 13.0 Å². The van der Waals surface area contributed by atoms with Crippen LogP contribution in [0.25, 0.3) is 0 Å². The fourth-order valence-corrected chi connectivity index (χ4v) is 3.73. The molecule has 5 heteroatoms. The minimum absolute atomic E-state index is 0.0228. The van der Waals surface area contributed by atoms with E-state index >= 15 is 0 Å². The highest BCUT2D eigenvalue weighted by Crippen LogP contribution is 2.61. The number of carbonyl (C=O) groups is 2. The number of allylic oxidation sites excluding steroid dienone is 2. The van der Waals surface area contributed by atoms with Crippen LogP contribution in [0.5, 0.6) is 0 Å². The molecule has 0 aliphatic heterocycles. The molecule has 1 saturated carbocycles. The van der Waals surface area contributed by atoms with Gasteiger partial charge in [0.05, 0.1) is 0 Å². The molecular formula is C13H19NO4.